The molecule has 3 heterocycles. The Morgan fingerprint density at radius 3 is 2.81 bits per heavy atom. The highest BCUT2D eigenvalue weighted by atomic mass is 32.2. The van der Waals surface area contributed by atoms with E-state index in [-0.39, 0.29) is 29.3 Å². The molecule has 32 heavy (non-hydrogen) atoms. The average Bonchev–Trinajstić information content (AvgIpc) is 3.48. The third-order valence-corrected chi connectivity index (χ3v) is 8.89. The largest absolute Gasteiger partial charge is 0.467 e. The molecule has 3 aromatic rings. The third-order valence-electron chi connectivity index (χ3n) is 5.01. The van der Waals surface area contributed by atoms with E-state index in [1.54, 1.807) is 12.1 Å². The summed E-state index contributed by atoms with van der Waals surface area (Å²) in [7, 11) is -3.24. The van der Waals surface area contributed by atoms with Gasteiger partial charge in [-0.1, -0.05) is 11.8 Å². The summed E-state index contributed by atoms with van der Waals surface area (Å²) in [5.41, 5.74) is 0.741. The van der Waals surface area contributed by atoms with Gasteiger partial charge in [0.15, 0.2) is 14.2 Å². The Morgan fingerprint density at radius 2 is 2.22 bits per heavy atom. The summed E-state index contributed by atoms with van der Waals surface area (Å²) in [6.07, 6.45) is 1.79. The van der Waals surface area contributed by atoms with Gasteiger partial charge in [0.05, 0.1) is 34.1 Å². The lowest BCUT2D eigenvalue weighted by Crippen LogP contribution is -2.40. The van der Waals surface area contributed by atoms with Gasteiger partial charge in [0.25, 0.3) is 11.6 Å². The van der Waals surface area contributed by atoms with Gasteiger partial charge in [-0.15, -0.1) is 11.3 Å². The van der Waals surface area contributed by atoms with E-state index < -0.39 is 26.7 Å². The number of aromatic nitrogens is 1. The first-order valence-corrected chi connectivity index (χ1v) is 13.2. The Morgan fingerprint density at radius 1 is 1.41 bits per heavy atom. The van der Waals surface area contributed by atoms with Crippen molar-refractivity contribution in [2.75, 3.05) is 11.5 Å². The van der Waals surface area contributed by atoms with Gasteiger partial charge in [-0.05, 0) is 37.6 Å². The van der Waals surface area contributed by atoms with Crippen LogP contribution >= 0.6 is 23.1 Å². The van der Waals surface area contributed by atoms with E-state index in [1.165, 1.54) is 52.5 Å². The van der Waals surface area contributed by atoms with E-state index >= 15 is 0 Å². The van der Waals surface area contributed by atoms with Gasteiger partial charge in [0.2, 0.25) is 0 Å². The smallest absolute Gasteiger partial charge is 0.284 e. The number of thiazole rings is 1. The molecule has 168 valence electrons. The Balaban J connectivity index is 1.65. The Labute approximate surface area is 192 Å². The molecule has 0 N–H and O–H groups in total. The number of sulfone groups is 1. The molecular formula is C20H19N3O6S3. The molecule has 1 saturated heterocycles. The molecule has 0 spiro atoms. The lowest BCUT2D eigenvalue weighted by molar-refractivity contribution is -0.387. The molecule has 0 aliphatic carbocycles. The molecule has 1 amide bonds. The van der Waals surface area contributed by atoms with Crippen LogP contribution in [0.3, 0.4) is 0 Å². The van der Waals surface area contributed by atoms with Gasteiger partial charge < -0.3 is 9.32 Å². The van der Waals surface area contributed by atoms with Gasteiger partial charge in [-0.3, -0.25) is 14.9 Å². The molecule has 2 aromatic heterocycles. The molecule has 1 aromatic carbocycles. The maximum absolute atomic E-state index is 13.4. The second kappa shape index (κ2) is 9.04. The molecular weight excluding hydrogens is 474 g/mol. The minimum atomic E-state index is -3.24. The predicted octanol–water partition coefficient (Wildman–Crippen LogP) is 3.93. The summed E-state index contributed by atoms with van der Waals surface area (Å²) >= 11 is 2.55. The number of nitro groups is 1. The van der Waals surface area contributed by atoms with Crippen LogP contribution in [0.15, 0.2) is 55.6 Å². The highest BCUT2D eigenvalue weighted by Gasteiger charge is 2.36. The number of benzene rings is 1. The molecule has 1 aliphatic rings. The van der Waals surface area contributed by atoms with Gasteiger partial charge in [0, 0.05) is 28.7 Å². The number of rotatable bonds is 7. The first kappa shape index (κ1) is 22.5. The molecule has 4 rings (SSSR count). The van der Waals surface area contributed by atoms with Crippen molar-refractivity contribution in [2.45, 2.75) is 35.2 Å². The first-order valence-electron chi connectivity index (χ1n) is 9.64. The standard InChI is InChI=1S/C20H19N3O6S3/c1-13-11-30-20(21-13)31-18-5-4-14(9-17(18)23(25)26)19(24)22(10-16-3-2-7-29-16)15-6-8-32(27,28)12-15/h2-5,7,9,11,15H,6,8,10,12H2,1H3/t15-/m1/s1. The number of furan rings is 1. The molecule has 1 atom stereocenters. The maximum Gasteiger partial charge on any atom is 0.284 e. The fraction of sp³-hybridized carbons (Fsp3) is 0.300. The van der Waals surface area contributed by atoms with Gasteiger partial charge in [-0.25, -0.2) is 13.4 Å². The molecule has 12 heteroatoms. The van der Waals surface area contributed by atoms with Crippen LogP contribution in [-0.4, -0.2) is 46.7 Å². The van der Waals surface area contributed by atoms with Crippen molar-refractivity contribution in [3.05, 3.63) is 69.1 Å². The van der Waals surface area contributed by atoms with Crippen LogP contribution in [0, 0.1) is 17.0 Å². The van der Waals surface area contributed by atoms with Crippen molar-refractivity contribution in [1.29, 1.82) is 0 Å². The second-order valence-electron chi connectivity index (χ2n) is 7.37. The van der Waals surface area contributed by atoms with Crippen LogP contribution in [0.2, 0.25) is 0 Å². The van der Waals surface area contributed by atoms with Crippen LogP contribution in [-0.2, 0) is 16.4 Å². The van der Waals surface area contributed by atoms with Crippen LogP contribution in [0.4, 0.5) is 5.69 Å². The second-order valence-corrected chi connectivity index (χ2v) is 11.7. The quantitative estimate of drug-likeness (QED) is 0.358. The zero-order chi connectivity index (χ0) is 22.9. The number of carbonyl (C=O) groups excluding carboxylic acids is 1. The fourth-order valence-electron chi connectivity index (χ4n) is 3.48. The number of hydrogen-bond acceptors (Lipinski definition) is 9. The normalized spacial score (nSPS) is 17.3. The highest BCUT2D eigenvalue weighted by Crippen LogP contribution is 2.37. The minimum absolute atomic E-state index is 0.00254. The van der Waals surface area contributed by atoms with Crippen molar-refractivity contribution >= 4 is 44.5 Å². The summed E-state index contributed by atoms with van der Waals surface area (Å²) in [6.45, 7) is 1.92. The van der Waals surface area contributed by atoms with Crippen molar-refractivity contribution in [3.8, 4) is 0 Å². The van der Waals surface area contributed by atoms with E-state index in [9.17, 15) is 23.3 Å². The number of carbonyl (C=O) groups is 1. The highest BCUT2D eigenvalue weighted by molar-refractivity contribution is 8.01. The lowest BCUT2D eigenvalue weighted by Gasteiger charge is -2.27. The Bertz CT molecular complexity index is 1250. The van der Waals surface area contributed by atoms with Crippen molar-refractivity contribution in [2.24, 2.45) is 0 Å². The number of nitrogens with zero attached hydrogens (tertiary/aromatic N) is 3. The van der Waals surface area contributed by atoms with E-state index in [0.717, 1.165) is 5.69 Å². The molecule has 1 aliphatic heterocycles. The van der Waals surface area contributed by atoms with Crippen LogP contribution in [0.25, 0.3) is 0 Å². The van der Waals surface area contributed by atoms with E-state index in [1.807, 2.05) is 12.3 Å². The third kappa shape index (κ3) is 5.03. The summed E-state index contributed by atoms with van der Waals surface area (Å²) in [6, 6.07) is 7.15. The molecule has 0 saturated carbocycles. The van der Waals surface area contributed by atoms with E-state index in [2.05, 4.69) is 4.98 Å². The van der Waals surface area contributed by atoms with Crippen molar-refractivity contribution in [1.82, 2.24) is 9.88 Å². The average molecular weight is 494 g/mol. The zero-order valence-corrected chi connectivity index (χ0v) is 19.4. The number of amides is 1. The van der Waals surface area contributed by atoms with Gasteiger partial charge >= 0.3 is 0 Å². The van der Waals surface area contributed by atoms with E-state index in [4.69, 9.17) is 4.42 Å². The maximum atomic E-state index is 13.4. The van der Waals surface area contributed by atoms with Crippen LogP contribution < -0.4 is 0 Å². The van der Waals surface area contributed by atoms with Crippen molar-refractivity contribution in [3.63, 3.8) is 0 Å². The Hall–Kier alpha value is -2.70. The predicted molar refractivity (Wildman–Crippen MR) is 120 cm³/mol. The fourth-order valence-corrected chi connectivity index (χ4v) is 7.09. The number of nitro benzene ring substituents is 1. The SMILES string of the molecule is Cc1csc(Sc2ccc(C(=O)N(Cc3ccco3)[C@@H]3CCS(=O)(=O)C3)cc2[N+](=O)[O-])n1. The van der Waals surface area contributed by atoms with Crippen LogP contribution in [0.1, 0.15) is 28.2 Å². The summed E-state index contributed by atoms with van der Waals surface area (Å²) in [5, 5.41) is 13.6. The minimum Gasteiger partial charge on any atom is -0.467 e. The number of hydrogen-bond donors (Lipinski definition) is 0. The molecule has 0 bridgehead atoms. The molecule has 1 fully saturated rings. The number of aryl methyl sites for hydroxylation is 1. The van der Waals surface area contributed by atoms with Crippen LogP contribution in [0.5, 0.6) is 0 Å². The molecule has 0 unspecified atom stereocenters. The molecule has 9 nitrogen and oxygen atoms in total. The summed E-state index contributed by atoms with van der Waals surface area (Å²) in [4.78, 5) is 30.7. The molecule has 0 radical (unpaired) electrons. The van der Waals surface area contributed by atoms with E-state index in [0.29, 0.717) is 21.4 Å². The summed E-state index contributed by atoms with van der Waals surface area (Å²) in [5.74, 6) is -0.113. The van der Waals surface area contributed by atoms with Gasteiger partial charge in [0.1, 0.15) is 5.76 Å². The van der Waals surface area contributed by atoms with Crippen molar-refractivity contribution < 1.29 is 22.6 Å². The zero-order valence-electron chi connectivity index (χ0n) is 17.0. The monoisotopic (exact) mass is 493 g/mol. The topological polar surface area (TPSA) is 124 Å². The lowest BCUT2D eigenvalue weighted by atomic mass is 10.1. The summed E-state index contributed by atoms with van der Waals surface area (Å²) < 4.78 is 30.0. The Kier molecular flexibility index (Phi) is 6.35. The van der Waals surface area contributed by atoms with Gasteiger partial charge in [-0.2, -0.15) is 0 Å². The first-order chi connectivity index (χ1) is 15.2.